The number of hydrogen-bond donors (Lipinski definition) is 0. The van der Waals surface area contributed by atoms with Crippen molar-refractivity contribution in [3.8, 4) is 0 Å². The summed E-state index contributed by atoms with van der Waals surface area (Å²) in [5.41, 5.74) is 1.93. The third-order valence-electron chi connectivity index (χ3n) is 6.58. The Labute approximate surface area is 194 Å². The molecule has 1 aromatic heterocycles. The zero-order chi connectivity index (χ0) is 23.7. The van der Waals surface area contributed by atoms with Gasteiger partial charge in [-0.1, -0.05) is 23.7 Å². The number of amides is 2. The van der Waals surface area contributed by atoms with Gasteiger partial charge in [-0.15, -0.1) is 0 Å². The summed E-state index contributed by atoms with van der Waals surface area (Å²) in [7, 11) is 1.72. The van der Waals surface area contributed by atoms with Gasteiger partial charge in [-0.3, -0.25) is 14.2 Å². The molecule has 1 aliphatic heterocycles. The average Bonchev–Trinajstić information content (AvgIpc) is 2.73. The predicted molar refractivity (Wildman–Crippen MR) is 123 cm³/mol. The minimum Gasteiger partial charge on any atom is -0.498 e. The van der Waals surface area contributed by atoms with Crippen LogP contribution in [0.1, 0.15) is 43.6 Å². The Hall–Kier alpha value is -2.48. The molecular formula is C24H31ClN4O3. The molecule has 32 heavy (non-hydrogen) atoms. The van der Waals surface area contributed by atoms with Gasteiger partial charge < -0.3 is 14.8 Å². The summed E-state index contributed by atoms with van der Waals surface area (Å²) in [6.07, 6.45) is 0.466. The Balaban J connectivity index is 1.66. The average molecular weight is 459 g/mol. The van der Waals surface area contributed by atoms with Crippen LogP contribution >= 0.6 is 11.6 Å². The zero-order valence-electron chi connectivity index (χ0n) is 19.3. The number of pyridine rings is 1. The lowest BCUT2D eigenvalue weighted by Crippen LogP contribution is -2.76. The number of hydrogen-bond acceptors (Lipinski definition) is 5. The molecule has 0 aliphatic carbocycles. The van der Waals surface area contributed by atoms with Crippen LogP contribution in [0.5, 0.6) is 0 Å². The van der Waals surface area contributed by atoms with Crippen molar-refractivity contribution in [3.05, 3.63) is 58.9 Å². The number of halogens is 1. The van der Waals surface area contributed by atoms with E-state index in [2.05, 4.69) is 9.88 Å². The molecule has 1 aliphatic rings. The van der Waals surface area contributed by atoms with Gasteiger partial charge in [0, 0.05) is 32.0 Å². The van der Waals surface area contributed by atoms with E-state index in [1.54, 1.807) is 24.1 Å². The quantitative estimate of drug-likeness (QED) is 0.519. The fourth-order valence-corrected chi connectivity index (χ4v) is 4.82. The van der Waals surface area contributed by atoms with Gasteiger partial charge >= 0.3 is 0 Å². The lowest BCUT2D eigenvalue weighted by molar-refractivity contribution is -0.943. The number of piperazine rings is 1. The smallest absolute Gasteiger partial charge is 0.259 e. The summed E-state index contributed by atoms with van der Waals surface area (Å²) in [4.78, 5) is 32.6. The normalized spacial score (nSPS) is 21.9. The van der Waals surface area contributed by atoms with E-state index in [9.17, 15) is 14.7 Å². The molecule has 2 amide bonds. The molecule has 0 saturated carbocycles. The first-order valence-electron chi connectivity index (χ1n) is 10.8. The standard InChI is InChI=1S/C24H31ClN4O3/c1-17-15-28(12-13-29(17,23(31)32)24(2,3)4)16-18-6-9-20(10-7-18)27(5)22(30)19-8-11-21(25)26-14-19/h6-11,14,17H,12-13,15-16H2,1-5H3/t17-,29?/m0/s1. The lowest BCUT2D eigenvalue weighted by Gasteiger charge is -2.55. The molecule has 1 saturated heterocycles. The van der Waals surface area contributed by atoms with Crippen LogP contribution in [-0.4, -0.2) is 64.6 Å². The second-order valence-electron chi connectivity index (χ2n) is 9.51. The van der Waals surface area contributed by atoms with Crippen molar-refractivity contribution in [2.45, 2.75) is 45.8 Å². The second kappa shape index (κ2) is 9.17. The van der Waals surface area contributed by atoms with Gasteiger partial charge in [0.2, 0.25) is 0 Å². The van der Waals surface area contributed by atoms with E-state index in [1.165, 1.54) is 6.20 Å². The Kier molecular flexibility index (Phi) is 6.93. The third kappa shape index (κ3) is 4.65. The van der Waals surface area contributed by atoms with Crippen molar-refractivity contribution >= 4 is 29.3 Å². The van der Waals surface area contributed by atoms with Crippen LogP contribution in [0.2, 0.25) is 5.15 Å². The van der Waals surface area contributed by atoms with Gasteiger partial charge in [0.25, 0.3) is 12.0 Å². The van der Waals surface area contributed by atoms with E-state index in [0.717, 1.165) is 17.8 Å². The number of rotatable bonds is 4. The SMILES string of the molecule is C[C@H]1CN(Cc2ccc(N(C)C(=O)c3ccc(Cl)nc3)cc2)CC[N+]1(C(=O)[O-])C(C)(C)C. The molecule has 1 unspecified atom stereocenters. The summed E-state index contributed by atoms with van der Waals surface area (Å²) in [6, 6.07) is 11.0. The number of carbonyl (C=O) groups is 2. The molecule has 2 heterocycles. The summed E-state index contributed by atoms with van der Waals surface area (Å²) in [5, 5.41) is 12.4. The van der Waals surface area contributed by atoms with Crippen LogP contribution in [0, 0.1) is 0 Å². The third-order valence-corrected chi connectivity index (χ3v) is 6.80. The highest BCUT2D eigenvalue weighted by atomic mass is 35.5. The molecule has 8 heteroatoms. The van der Waals surface area contributed by atoms with Gasteiger partial charge in [0.1, 0.15) is 11.2 Å². The highest BCUT2D eigenvalue weighted by Gasteiger charge is 2.49. The minimum absolute atomic E-state index is 0.0328. The minimum atomic E-state index is -1.00. The number of aromatic nitrogens is 1. The first-order valence-corrected chi connectivity index (χ1v) is 11.1. The molecule has 1 fully saturated rings. The molecule has 0 N–H and O–H groups in total. The van der Waals surface area contributed by atoms with Crippen molar-refractivity contribution in [2.24, 2.45) is 0 Å². The van der Waals surface area contributed by atoms with Crippen molar-refractivity contribution in [1.82, 2.24) is 9.88 Å². The maximum atomic E-state index is 12.7. The van der Waals surface area contributed by atoms with E-state index >= 15 is 0 Å². The van der Waals surface area contributed by atoms with Crippen LogP contribution in [-0.2, 0) is 6.54 Å². The fourth-order valence-electron chi connectivity index (χ4n) is 4.71. The molecule has 172 valence electrons. The maximum absolute atomic E-state index is 12.7. The summed E-state index contributed by atoms with van der Waals surface area (Å²) in [5.74, 6) is -0.162. The van der Waals surface area contributed by atoms with E-state index < -0.39 is 11.6 Å². The molecule has 7 nitrogen and oxygen atoms in total. The van der Waals surface area contributed by atoms with Gasteiger partial charge in [-0.25, -0.2) is 4.98 Å². The molecule has 3 rings (SSSR count). The van der Waals surface area contributed by atoms with Crippen LogP contribution in [0.3, 0.4) is 0 Å². The Bertz CT molecular complexity index is 972. The fraction of sp³-hybridized carbons (Fsp3) is 0.458. The predicted octanol–water partition coefficient (Wildman–Crippen LogP) is 3.17. The first kappa shape index (κ1) is 24.2. The first-order chi connectivity index (χ1) is 15.0. The van der Waals surface area contributed by atoms with Gasteiger partial charge in [0.15, 0.2) is 0 Å². The van der Waals surface area contributed by atoms with Crippen molar-refractivity contribution in [2.75, 3.05) is 31.6 Å². The van der Waals surface area contributed by atoms with Crippen LogP contribution < -0.4 is 10.0 Å². The molecular weight excluding hydrogens is 428 g/mol. The number of quaternary nitrogens is 1. The Morgan fingerprint density at radius 1 is 1.22 bits per heavy atom. The number of carbonyl (C=O) groups excluding carboxylic acids is 2. The number of carboxylic acid groups (broad SMARTS) is 1. The Morgan fingerprint density at radius 2 is 1.88 bits per heavy atom. The van der Waals surface area contributed by atoms with E-state index in [-0.39, 0.29) is 16.4 Å². The van der Waals surface area contributed by atoms with Crippen LogP contribution in [0.25, 0.3) is 0 Å². The highest BCUT2D eigenvalue weighted by molar-refractivity contribution is 6.29. The number of benzene rings is 1. The van der Waals surface area contributed by atoms with Crippen molar-refractivity contribution in [1.29, 1.82) is 0 Å². The topological polar surface area (TPSA) is 76.6 Å². The second-order valence-corrected chi connectivity index (χ2v) is 9.90. The molecule has 2 aromatic rings. The van der Waals surface area contributed by atoms with Crippen molar-refractivity contribution in [3.63, 3.8) is 0 Å². The monoisotopic (exact) mass is 458 g/mol. The number of nitrogens with zero attached hydrogens (tertiary/aromatic N) is 4. The number of anilines is 1. The summed E-state index contributed by atoms with van der Waals surface area (Å²) >= 11 is 5.80. The van der Waals surface area contributed by atoms with E-state index in [0.29, 0.717) is 30.4 Å². The molecule has 0 spiro atoms. The molecule has 0 bridgehead atoms. The molecule has 1 aromatic carbocycles. The summed E-state index contributed by atoms with van der Waals surface area (Å²) < 4.78 is -0.0328. The van der Waals surface area contributed by atoms with Gasteiger partial charge in [-0.05, 0) is 57.5 Å². The van der Waals surface area contributed by atoms with Crippen LogP contribution in [0.4, 0.5) is 10.5 Å². The Morgan fingerprint density at radius 3 is 2.38 bits per heavy atom. The molecule has 2 atom stereocenters. The lowest BCUT2D eigenvalue weighted by atomic mass is 9.95. The maximum Gasteiger partial charge on any atom is 0.259 e. The van der Waals surface area contributed by atoms with Gasteiger partial charge in [-0.2, -0.15) is 0 Å². The van der Waals surface area contributed by atoms with E-state index in [1.807, 2.05) is 52.0 Å². The van der Waals surface area contributed by atoms with E-state index in [4.69, 9.17) is 11.6 Å². The molecule has 0 radical (unpaired) electrons. The van der Waals surface area contributed by atoms with Gasteiger partial charge in [0.05, 0.1) is 24.2 Å². The summed E-state index contributed by atoms with van der Waals surface area (Å²) in [6.45, 7) is 10.5. The van der Waals surface area contributed by atoms with Crippen LogP contribution in [0.15, 0.2) is 42.6 Å². The zero-order valence-corrected chi connectivity index (χ0v) is 20.1. The largest absolute Gasteiger partial charge is 0.498 e. The highest BCUT2D eigenvalue weighted by Crippen LogP contribution is 2.32. The van der Waals surface area contributed by atoms with Crippen molar-refractivity contribution < 1.29 is 19.2 Å².